The third kappa shape index (κ3) is 2.35. The Kier molecular flexibility index (Phi) is 3.12. The topological polar surface area (TPSA) is 61.0 Å². The number of urea groups is 1. The molecule has 2 heterocycles. The molecule has 1 fully saturated rings. The number of aromatic nitrogens is 2. The minimum atomic E-state index is -0.0423. The summed E-state index contributed by atoms with van der Waals surface area (Å²) in [5, 5.41) is 9.79. The van der Waals surface area contributed by atoms with Crippen molar-refractivity contribution in [2.75, 3.05) is 18.4 Å². The molecule has 1 aromatic heterocycles. The van der Waals surface area contributed by atoms with E-state index in [1.165, 1.54) is 0 Å². The number of aromatic amines is 1. The van der Waals surface area contributed by atoms with Gasteiger partial charge in [0.1, 0.15) is 0 Å². The third-order valence-electron chi connectivity index (χ3n) is 2.85. The Morgan fingerprint density at radius 1 is 1.50 bits per heavy atom. The first-order valence-corrected chi connectivity index (χ1v) is 5.78. The highest BCUT2D eigenvalue weighted by Gasteiger charge is 2.18. The highest BCUT2D eigenvalue weighted by Crippen LogP contribution is 2.16. The Balaban J connectivity index is 1.95. The predicted octanol–water partition coefficient (Wildman–Crippen LogP) is 2.16. The van der Waals surface area contributed by atoms with Gasteiger partial charge in [-0.1, -0.05) is 13.8 Å². The number of likely N-dealkylation sites (tertiary alicyclic amines) is 1. The van der Waals surface area contributed by atoms with Crippen LogP contribution in [0.2, 0.25) is 0 Å². The Hall–Kier alpha value is -1.52. The highest BCUT2D eigenvalue weighted by molar-refractivity contribution is 5.88. The van der Waals surface area contributed by atoms with E-state index >= 15 is 0 Å². The van der Waals surface area contributed by atoms with Crippen LogP contribution in [0.25, 0.3) is 0 Å². The Labute approximate surface area is 95.2 Å². The Bertz CT molecular complexity index is 366. The number of nitrogens with zero attached hydrogens (tertiary/aromatic N) is 2. The van der Waals surface area contributed by atoms with Gasteiger partial charge in [-0.25, -0.2) is 4.79 Å². The van der Waals surface area contributed by atoms with Gasteiger partial charge in [0.25, 0.3) is 0 Å². The number of anilines is 1. The summed E-state index contributed by atoms with van der Waals surface area (Å²) in [6.07, 6.45) is 2.20. The maximum Gasteiger partial charge on any atom is 0.323 e. The molecule has 0 unspecified atom stereocenters. The van der Waals surface area contributed by atoms with Gasteiger partial charge in [-0.05, 0) is 18.8 Å². The van der Waals surface area contributed by atoms with Gasteiger partial charge in [0.05, 0.1) is 0 Å². The van der Waals surface area contributed by atoms with E-state index in [0.717, 1.165) is 31.6 Å². The van der Waals surface area contributed by atoms with Crippen LogP contribution in [0.3, 0.4) is 0 Å². The van der Waals surface area contributed by atoms with Crippen molar-refractivity contribution in [2.24, 2.45) is 0 Å². The minimum Gasteiger partial charge on any atom is -0.324 e. The van der Waals surface area contributed by atoms with E-state index in [4.69, 9.17) is 0 Å². The van der Waals surface area contributed by atoms with Gasteiger partial charge in [-0.15, -0.1) is 0 Å². The van der Waals surface area contributed by atoms with Gasteiger partial charge in [-0.3, -0.25) is 10.4 Å². The zero-order chi connectivity index (χ0) is 11.5. The summed E-state index contributed by atoms with van der Waals surface area (Å²) < 4.78 is 0. The lowest BCUT2D eigenvalue weighted by Crippen LogP contribution is -2.32. The number of carbonyl (C=O) groups is 1. The number of hydrogen-bond acceptors (Lipinski definition) is 2. The van der Waals surface area contributed by atoms with Gasteiger partial charge >= 0.3 is 6.03 Å². The lowest BCUT2D eigenvalue weighted by molar-refractivity contribution is 0.222. The van der Waals surface area contributed by atoms with E-state index < -0.39 is 0 Å². The maximum absolute atomic E-state index is 11.8. The molecule has 0 aromatic carbocycles. The first kappa shape index (κ1) is 11.0. The van der Waals surface area contributed by atoms with E-state index in [2.05, 4.69) is 29.4 Å². The Morgan fingerprint density at radius 3 is 2.75 bits per heavy atom. The fourth-order valence-corrected chi connectivity index (χ4v) is 1.81. The highest BCUT2D eigenvalue weighted by atomic mass is 16.2. The standard InChI is InChI=1S/C11H18N4O/c1-8(2)9-7-10(14-13-9)12-11(16)15-5-3-4-6-15/h7-8H,3-6H2,1-2H3,(H2,12,13,14,16). The summed E-state index contributed by atoms with van der Waals surface area (Å²) in [6.45, 7) is 5.87. The molecule has 88 valence electrons. The fraction of sp³-hybridized carbons (Fsp3) is 0.636. The average molecular weight is 222 g/mol. The minimum absolute atomic E-state index is 0.0423. The largest absolute Gasteiger partial charge is 0.324 e. The molecule has 1 saturated heterocycles. The summed E-state index contributed by atoms with van der Waals surface area (Å²) >= 11 is 0. The summed E-state index contributed by atoms with van der Waals surface area (Å²) in [6, 6.07) is 1.85. The summed E-state index contributed by atoms with van der Waals surface area (Å²) in [4.78, 5) is 13.6. The van der Waals surface area contributed by atoms with E-state index in [9.17, 15) is 4.79 Å². The van der Waals surface area contributed by atoms with Crippen LogP contribution in [-0.2, 0) is 0 Å². The molecule has 5 heteroatoms. The number of rotatable bonds is 2. The molecule has 5 nitrogen and oxygen atoms in total. The number of hydrogen-bond donors (Lipinski definition) is 2. The lowest BCUT2D eigenvalue weighted by atomic mass is 10.1. The van der Waals surface area contributed by atoms with Crippen molar-refractivity contribution >= 4 is 11.8 Å². The molecule has 2 amide bonds. The van der Waals surface area contributed by atoms with Gasteiger partial charge in [-0.2, -0.15) is 5.10 Å². The summed E-state index contributed by atoms with van der Waals surface area (Å²) in [5.74, 6) is 1.01. The van der Waals surface area contributed by atoms with Crippen LogP contribution in [0.4, 0.5) is 10.6 Å². The van der Waals surface area contributed by atoms with E-state index in [1.54, 1.807) is 0 Å². The molecule has 0 radical (unpaired) electrons. The van der Waals surface area contributed by atoms with Crippen molar-refractivity contribution in [3.63, 3.8) is 0 Å². The second-order valence-corrected chi connectivity index (χ2v) is 4.49. The number of nitrogens with one attached hydrogen (secondary N) is 2. The quantitative estimate of drug-likeness (QED) is 0.805. The van der Waals surface area contributed by atoms with Gasteiger partial charge in [0.15, 0.2) is 5.82 Å². The van der Waals surface area contributed by atoms with Crippen LogP contribution in [0, 0.1) is 0 Å². The molecule has 1 aliphatic rings. The second kappa shape index (κ2) is 4.55. The van der Waals surface area contributed by atoms with Crippen LogP contribution in [0.5, 0.6) is 0 Å². The smallest absolute Gasteiger partial charge is 0.323 e. The molecule has 2 rings (SSSR count). The Morgan fingerprint density at radius 2 is 2.19 bits per heavy atom. The number of amides is 2. The molecule has 0 aliphatic carbocycles. The van der Waals surface area contributed by atoms with Crippen molar-refractivity contribution in [1.82, 2.24) is 15.1 Å². The van der Waals surface area contributed by atoms with Crippen molar-refractivity contribution in [2.45, 2.75) is 32.6 Å². The summed E-state index contributed by atoms with van der Waals surface area (Å²) in [5.41, 5.74) is 1.04. The predicted molar refractivity (Wildman–Crippen MR) is 62.5 cm³/mol. The number of H-pyrrole nitrogens is 1. The van der Waals surface area contributed by atoms with E-state index in [0.29, 0.717) is 11.7 Å². The van der Waals surface area contributed by atoms with Crippen LogP contribution >= 0.6 is 0 Å². The molecular weight excluding hydrogens is 204 g/mol. The van der Waals surface area contributed by atoms with E-state index in [1.807, 2.05) is 11.0 Å². The molecule has 0 saturated carbocycles. The van der Waals surface area contributed by atoms with E-state index in [-0.39, 0.29) is 6.03 Å². The molecule has 0 bridgehead atoms. The molecular formula is C11H18N4O. The maximum atomic E-state index is 11.8. The average Bonchev–Trinajstić information content (AvgIpc) is 2.87. The fourth-order valence-electron chi connectivity index (χ4n) is 1.81. The van der Waals surface area contributed by atoms with Crippen LogP contribution in [-0.4, -0.2) is 34.2 Å². The van der Waals surface area contributed by atoms with Crippen molar-refractivity contribution in [3.8, 4) is 0 Å². The second-order valence-electron chi connectivity index (χ2n) is 4.49. The molecule has 2 N–H and O–H groups in total. The SMILES string of the molecule is CC(C)c1cc(NC(=O)N2CCCC2)n[nH]1. The lowest BCUT2D eigenvalue weighted by Gasteiger charge is -2.14. The zero-order valence-corrected chi connectivity index (χ0v) is 9.79. The monoisotopic (exact) mass is 222 g/mol. The molecule has 1 aromatic rings. The molecule has 16 heavy (non-hydrogen) atoms. The van der Waals surface area contributed by atoms with Crippen molar-refractivity contribution in [3.05, 3.63) is 11.8 Å². The van der Waals surface area contributed by atoms with Crippen LogP contribution < -0.4 is 5.32 Å². The van der Waals surface area contributed by atoms with Gasteiger partial charge in [0.2, 0.25) is 0 Å². The van der Waals surface area contributed by atoms with Crippen molar-refractivity contribution in [1.29, 1.82) is 0 Å². The number of carbonyl (C=O) groups excluding carboxylic acids is 1. The van der Waals surface area contributed by atoms with Crippen LogP contribution in [0.15, 0.2) is 6.07 Å². The molecule has 0 spiro atoms. The van der Waals surface area contributed by atoms with Gasteiger partial charge in [0, 0.05) is 24.8 Å². The first-order valence-electron chi connectivity index (χ1n) is 5.78. The third-order valence-corrected chi connectivity index (χ3v) is 2.85. The van der Waals surface area contributed by atoms with Crippen molar-refractivity contribution < 1.29 is 4.79 Å². The molecule has 1 aliphatic heterocycles. The van der Waals surface area contributed by atoms with Crippen LogP contribution in [0.1, 0.15) is 38.3 Å². The zero-order valence-electron chi connectivity index (χ0n) is 9.79. The normalized spacial score (nSPS) is 15.8. The van der Waals surface area contributed by atoms with Gasteiger partial charge < -0.3 is 4.90 Å². The summed E-state index contributed by atoms with van der Waals surface area (Å²) in [7, 11) is 0. The first-order chi connectivity index (χ1) is 7.66. The molecule has 0 atom stereocenters.